The van der Waals surface area contributed by atoms with Crippen molar-refractivity contribution in [1.82, 2.24) is 20.0 Å². The molecule has 0 aliphatic carbocycles. The number of benzene rings is 1. The topological polar surface area (TPSA) is 70.1 Å². The summed E-state index contributed by atoms with van der Waals surface area (Å²) in [5, 5.41) is 6.40. The first-order valence-corrected chi connectivity index (χ1v) is 8.53. The summed E-state index contributed by atoms with van der Waals surface area (Å²) in [5.41, 5.74) is 2.25. The summed E-state index contributed by atoms with van der Waals surface area (Å²) in [6.45, 7) is 6.49. The Morgan fingerprint density at radius 1 is 1.29 bits per heavy atom. The Hall–Kier alpha value is -2.34. The van der Waals surface area contributed by atoms with Gasteiger partial charge in [-0.3, -0.25) is 14.7 Å². The van der Waals surface area contributed by atoms with Crippen molar-refractivity contribution in [1.29, 1.82) is 0 Å². The highest BCUT2D eigenvalue weighted by atomic mass is 16.2. The minimum atomic E-state index is -0.0757. The maximum absolute atomic E-state index is 12.6. The van der Waals surface area contributed by atoms with Gasteiger partial charge >= 0.3 is 0 Å². The van der Waals surface area contributed by atoms with Crippen molar-refractivity contribution in [2.45, 2.75) is 32.7 Å². The summed E-state index contributed by atoms with van der Waals surface area (Å²) in [7, 11) is 0. The normalized spacial score (nSPS) is 17.9. The highest BCUT2D eigenvalue weighted by Gasteiger charge is 2.23. The van der Waals surface area contributed by atoms with Crippen molar-refractivity contribution in [3.05, 3.63) is 51.9 Å². The Balaban J connectivity index is 1.80. The molecular weight excluding hydrogens is 304 g/mol. The maximum atomic E-state index is 12.6. The number of aromatic amines is 1. The van der Waals surface area contributed by atoms with E-state index in [1.165, 1.54) is 4.68 Å². The lowest BCUT2D eigenvalue weighted by molar-refractivity contribution is 0.0656. The Morgan fingerprint density at radius 2 is 2.04 bits per heavy atom. The fraction of sp³-hybridized carbons (Fsp3) is 0.444. The van der Waals surface area contributed by atoms with Crippen molar-refractivity contribution in [2.24, 2.45) is 0 Å². The lowest BCUT2D eigenvalue weighted by Crippen LogP contribution is -2.52. The number of hydrogen-bond donors (Lipinski definition) is 2. The molecule has 1 atom stereocenters. The molecule has 1 fully saturated rings. The van der Waals surface area contributed by atoms with Crippen LogP contribution in [0.15, 0.2) is 35.1 Å². The minimum Gasteiger partial charge on any atom is -0.333 e. The predicted molar refractivity (Wildman–Crippen MR) is 93.8 cm³/mol. The molecule has 1 aromatic heterocycles. The van der Waals surface area contributed by atoms with Crippen LogP contribution >= 0.6 is 0 Å². The molecule has 0 saturated carbocycles. The van der Waals surface area contributed by atoms with Crippen LogP contribution in [0.1, 0.15) is 36.3 Å². The van der Waals surface area contributed by atoms with Crippen LogP contribution < -0.4 is 10.9 Å². The number of carbonyl (C=O) groups is 1. The number of rotatable bonds is 4. The number of aryl methyl sites for hydroxylation is 1. The van der Waals surface area contributed by atoms with Crippen LogP contribution in [0.4, 0.5) is 0 Å². The molecule has 2 N–H and O–H groups in total. The Labute approximate surface area is 141 Å². The zero-order valence-electron chi connectivity index (χ0n) is 14.2. The van der Waals surface area contributed by atoms with Crippen LogP contribution in [0, 0.1) is 0 Å². The molecule has 24 heavy (non-hydrogen) atoms. The van der Waals surface area contributed by atoms with Crippen molar-refractivity contribution >= 4 is 5.91 Å². The van der Waals surface area contributed by atoms with Gasteiger partial charge < -0.3 is 10.2 Å². The average Bonchev–Trinajstić information content (AvgIpc) is 2.96. The van der Waals surface area contributed by atoms with E-state index in [9.17, 15) is 9.59 Å². The van der Waals surface area contributed by atoms with E-state index in [-0.39, 0.29) is 17.5 Å². The van der Waals surface area contributed by atoms with Crippen LogP contribution in [0.3, 0.4) is 0 Å². The average molecular weight is 328 g/mol. The molecule has 128 valence electrons. The first-order chi connectivity index (χ1) is 11.6. The third-order valence-electron chi connectivity index (χ3n) is 4.43. The molecule has 6 heteroatoms. The highest BCUT2D eigenvalue weighted by molar-refractivity contribution is 5.94. The summed E-state index contributed by atoms with van der Waals surface area (Å²) >= 11 is 0. The fourth-order valence-corrected chi connectivity index (χ4v) is 3.10. The minimum absolute atomic E-state index is 0.0426. The molecule has 0 unspecified atom stereocenters. The third kappa shape index (κ3) is 3.28. The molecular formula is C18H24N4O2. The Bertz CT molecular complexity index is 760. The summed E-state index contributed by atoms with van der Waals surface area (Å²) in [5.74, 6) is 0.0426. The van der Waals surface area contributed by atoms with Crippen LogP contribution in [0.5, 0.6) is 0 Å². The van der Waals surface area contributed by atoms with Crippen molar-refractivity contribution < 1.29 is 4.79 Å². The molecule has 2 aromatic rings. The third-order valence-corrected chi connectivity index (χ3v) is 4.43. The quantitative estimate of drug-likeness (QED) is 0.895. The molecule has 1 aromatic carbocycles. The molecule has 1 amide bonds. The second-order valence-electron chi connectivity index (χ2n) is 6.30. The van der Waals surface area contributed by atoms with Gasteiger partial charge in [0, 0.05) is 43.0 Å². The molecule has 1 aliphatic heterocycles. The van der Waals surface area contributed by atoms with Gasteiger partial charge in [0.2, 0.25) is 0 Å². The van der Waals surface area contributed by atoms with Gasteiger partial charge in [-0.05, 0) is 37.6 Å². The van der Waals surface area contributed by atoms with E-state index in [1.54, 1.807) is 18.2 Å². The number of hydrogen-bond acceptors (Lipinski definition) is 3. The Morgan fingerprint density at radius 3 is 2.71 bits per heavy atom. The monoisotopic (exact) mass is 328 g/mol. The lowest BCUT2D eigenvalue weighted by atomic mass is 10.1. The zero-order chi connectivity index (χ0) is 17.1. The van der Waals surface area contributed by atoms with Crippen molar-refractivity contribution in [3.8, 4) is 5.69 Å². The van der Waals surface area contributed by atoms with E-state index in [2.05, 4.69) is 17.3 Å². The van der Waals surface area contributed by atoms with E-state index in [4.69, 9.17) is 0 Å². The molecule has 1 aliphatic rings. The van der Waals surface area contributed by atoms with E-state index in [1.807, 2.05) is 24.0 Å². The molecule has 1 saturated heterocycles. The first kappa shape index (κ1) is 16.5. The molecule has 3 rings (SSSR count). The number of aromatic nitrogens is 2. The van der Waals surface area contributed by atoms with Crippen molar-refractivity contribution in [2.75, 3.05) is 19.6 Å². The number of carbonyl (C=O) groups excluding carboxylic acids is 1. The van der Waals surface area contributed by atoms with Gasteiger partial charge in [0.15, 0.2) is 0 Å². The number of H-pyrrole nitrogens is 1. The number of nitrogens with zero attached hydrogens (tertiary/aromatic N) is 2. The molecule has 0 bridgehead atoms. The molecule has 6 nitrogen and oxygen atoms in total. The number of amides is 1. The number of piperazine rings is 1. The summed E-state index contributed by atoms with van der Waals surface area (Å²) < 4.78 is 1.52. The standard InChI is InChI=1S/C18H24N4O2/c1-3-4-15-11-17(23)22(20-15)16-7-5-14(6-8-16)18(24)21-10-9-19-12-13(21)2/h5-8,11,13,19-20H,3-4,9-10,12H2,1-2H3/t13-/m1/s1. The van der Waals surface area contributed by atoms with Gasteiger partial charge in [-0.25, -0.2) is 4.68 Å². The zero-order valence-corrected chi connectivity index (χ0v) is 14.2. The second kappa shape index (κ2) is 7.05. The van der Waals surface area contributed by atoms with Gasteiger partial charge in [0.1, 0.15) is 0 Å². The Kier molecular flexibility index (Phi) is 4.85. The second-order valence-corrected chi connectivity index (χ2v) is 6.30. The maximum Gasteiger partial charge on any atom is 0.271 e. The van der Waals surface area contributed by atoms with Crippen LogP contribution in [0.2, 0.25) is 0 Å². The summed E-state index contributed by atoms with van der Waals surface area (Å²) in [6.07, 6.45) is 1.83. The van der Waals surface area contributed by atoms with E-state index in [0.29, 0.717) is 5.56 Å². The van der Waals surface area contributed by atoms with Crippen LogP contribution in [0.25, 0.3) is 5.69 Å². The van der Waals surface area contributed by atoms with Crippen LogP contribution in [-0.4, -0.2) is 46.3 Å². The van der Waals surface area contributed by atoms with Gasteiger partial charge in [-0.2, -0.15) is 0 Å². The fourth-order valence-electron chi connectivity index (χ4n) is 3.10. The van der Waals surface area contributed by atoms with Gasteiger partial charge in [0.25, 0.3) is 11.5 Å². The SMILES string of the molecule is CCCc1cc(=O)n(-c2ccc(C(=O)N3CCNC[C@H]3C)cc2)[nH]1. The van der Waals surface area contributed by atoms with Crippen LogP contribution in [-0.2, 0) is 6.42 Å². The summed E-state index contributed by atoms with van der Waals surface area (Å²) in [4.78, 5) is 26.6. The summed E-state index contributed by atoms with van der Waals surface area (Å²) in [6, 6.07) is 9.03. The van der Waals surface area contributed by atoms with Gasteiger partial charge in [-0.1, -0.05) is 13.3 Å². The van der Waals surface area contributed by atoms with E-state index >= 15 is 0 Å². The lowest BCUT2D eigenvalue weighted by Gasteiger charge is -2.34. The van der Waals surface area contributed by atoms with Crippen molar-refractivity contribution in [3.63, 3.8) is 0 Å². The number of nitrogens with one attached hydrogen (secondary N) is 2. The van der Waals surface area contributed by atoms with Gasteiger partial charge in [-0.15, -0.1) is 0 Å². The smallest absolute Gasteiger partial charge is 0.271 e. The first-order valence-electron chi connectivity index (χ1n) is 8.53. The largest absolute Gasteiger partial charge is 0.333 e. The van der Waals surface area contributed by atoms with Gasteiger partial charge in [0.05, 0.1) is 5.69 Å². The van der Waals surface area contributed by atoms with E-state index in [0.717, 1.165) is 43.9 Å². The molecule has 2 heterocycles. The predicted octanol–water partition coefficient (Wildman–Crippen LogP) is 1.55. The molecule has 0 radical (unpaired) electrons. The molecule has 0 spiro atoms. The van der Waals surface area contributed by atoms with E-state index < -0.39 is 0 Å². The highest BCUT2D eigenvalue weighted by Crippen LogP contribution is 2.13.